The fraction of sp³-hybridized carbons (Fsp3) is 0.143. The number of benzene rings is 2. The minimum atomic E-state index is -0.383. The van der Waals surface area contributed by atoms with Gasteiger partial charge in [0.2, 0.25) is 0 Å². The molecule has 6 heteroatoms. The summed E-state index contributed by atoms with van der Waals surface area (Å²) in [5.74, 6) is 0.0616. The minimum absolute atomic E-state index is 0.159. The van der Waals surface area contributed by atoms with Crippen molar-refractivity contribution in [2.75, 3.05) is 5.32 Å². The molecule has 0 saturated heterocycles. The molecule has 0 unspecified atom stereocenters. The highest BCUT2D eigenvalue weighted by Gasteiger charge is 2.13. The van der Waals surface area contributed by atoms with Gasteiger partial charge in [-0.05, 0) is 55.8 Å². The Labute approximate surface area is 162 Å². The molecule has 0 bridgehead atoms. The van der Waals surface area contributed by atoms with Crippen molar-refractivity contribution < 1.29 is 14.0 Å². The lowest BCUT2D eigenvalue weighted by Gasteiger charge is -2.05. The van der Waals surface area contributed by atoms with Gasteiger partial charge in [0.05, 0.1) is 6.54 Å². The van der Waals surface area contributed by atoms with E-state index in [4.69, 9.17) is 16.0 Å². The van der Waals surface area contributed by atoms with E-state index in [1.54, 1.807) is 36.4 Å². The molecule has 0 saturated carbocycles. The van der Waals surface area contributed by atoms with E-state index in [1.807, 2.05) is 32.0 Å². The predicted octanol–water partition coefficient (Wildman–Crippen LogP) is 4.73. The summed E-state index contributed by atoms with van der Waals surface area (Å²) in [4.78, 5) is 24.4. The molecule has 2 aromatic carbocycles. The molecule has 2 amide bonds. The van der Waals surface area contributed by atoms with Crippen LogP contribution in [0.1, 0.15) is 37.8 Å². The number of aryl methyl sites for hydroxylation is 2. The van der Waals surface area contributed by atoms with Crippen molar-refractivity contribution in [3.05, 3.63) is 87.8 Å². The third kappa shape index (κ3) is 4.77. The molecule has 1 heterocycles. The van der Waals surface area contributed by atoms with Crippen LogP contribution in [0.2, 0.25) is 5.02 Å². The number of hydrogen-bond donors (Lipinski definition) is 2. The molecule has 5 nitrogen and oxygen atoms in total. The van der Waals surface area contributed by atoms with Gasteiger partial charge in [-0.3, -0.25) is 9.59 Å². The highest BCUT2D eigenvalue weighted by molar-refractivity contribution is 6.31. The lowest BCUT2D eigenvalue weighted by molar-refractivity contribution is 0.0948. The first kappa shape index (κ1) is 18.7. The number of rotatable bonds is 5. The Balaban J connectivity index is 1.58. The average Bonchev–Trinajstić information content (AvgIpc) is 3.12. The van der Waals surface area contributed by atoms with E-state index < -0.39 is 0 Å². The highest BCUT2D eigenvalue weighted by atomic mass is 35.5. The normalized spacial score (nSPS) is 10.5. The molecule has 0 radical (unpaired) electrons. The second kappa shape index (κ2) is 8.10. The second-order valence-corrected chi connectivity index (χ2v) is 6.64. The standard InChI is InChI=1S/C21H19ClN2O3/c1-13-3-6-15(7-4-13)20(25)23-12-17-9-10-19(27-17)21(26)24-16-8-5-14(2)18(22)11-16/h3-11H,12H2,1-2H3,(H,23,25)(H,24,26). The minimum Gasteiger partial charge on any atom is -0.454 e. The van der Waals surface area contributed by atoms with Gasteiger partial charge in [0.1, 0.15) is 5.76 Å². The molecule has 0 aliphatic carbocycles. The maximum absolute atomic E-state index is 12.3. The quantitative estimate of drug-likeness (QED) is 0.670. The van der Waals surface area contributed by atoms with E-state index in [2.05, 4.69) is 10.6 Å². The Morgan fingerprint density at radius 3 is 2.41 bits per heavy atom. The third-order valence-corrected chi connectivity index (χ3v) is 4.46. The number of carbonyl (C=O) groups is 2. The van der Waals surface area contributed by atoms with E-state index in [-0.39, 0.29) is 24.1 Å². The monoisotopic (exact) mass is 382 g/mol. The van der Waals surface area contributed by atoms with Crippen LogP contribution >= 0.6 is 11.6 Å². The fourth-order valence-corrected chi connectivity index (χ4v) is 2.61. The highest BCUT2D eigenvalue weighted by Crippen LogP contribution is 2.21. The van der Waals surface area contributed by atoms with Gasteiger partial charge >= 0.3 is 0 Å². The molecule has 2 N–H and O–H groups in total. The van der Waals surface area contributed by atoms with Gasteiger partial charge in [-0.25, -0.2) is 0 Å². The zero-order chi connectivity index (χ0) is 19.4. The Hall–Kier alpha value is -3.05. The summed E-state index contributed by atoms with van der Waals surface area (Å²) in [7, 11) is 0. The van der Waals surface area contributed by atoms with E-state index >= 15 is 0 Å². The summed E-state index contributed by atoms with van der Waals surface area (Å²) in [6.07, 6.45) is 0. The van der Waals surface area contributed by atoms with Crippen LogP contribution in [0.4, 0.5) is 5.69 Å². The van der Waals surface area contributed by atoms with Gasteiger partial charge < -0.3 is 15.1 Å². The molecule has 0 spiro atoms. The van der Waals surface area contributed by atoms with Gasteiger partial charge in [-0.2, -0.15) is 0 Å². The van der Waals surface area contributed by atoms with E-state index in [0.29, 0.717) is 22.0 Å². The first-order valence-electron chi connectivity index (χ1n) is 8.43. The Morgan fingerprint density at radius 2 is 1.70 bits per heavy atom. The van der Waals surface area contributed by atoms with Crippen molar-refractivity contribution >= 4 is 29.1 Å². The number of nitrogens with one attached hydrogen (secondary N) is 2. The van der Waals surface area contributed by atoms with Crippen LogP contribution in [-0.4, -0.2) is 11.8 Å². The smallest absolute Gasteiger partial charge is 0.291 e. The van der Waals surface area contributed by atoms with Gasteiger partial charge in [-0.1, -0.05) is 35.4 Å². The van der Waals surface area contributed by atoms with Crippen LogP contribution in [-0.2, 0) is 6.54 Å². The molecule has 3 aromatic rings. The lowest BCUT2D eigenvalue weighted by Crippen LogP contribution is -2.22. The summed E-state index contributed by atoms with van der Waals surface area (Å²) in [5.41, 5.74) is 3.17. The van der Waals surface area contributed by atoms with Crippen molar-refractivity contribution in [3.63, 3.8) is 0 Å². The Kier molecular flexibility index (Phi) is 5.62. The first-order chi connectivity index (χ1) is 12.9. The Bertz CT molecular complexity index is 977. The van der Waals surface area contributed by atoms with E-state index in [9.17, 15) is 9.59 Å². The Morgan fingerprint density at radius 1 is 0.963 bits per heavy atom. The van der Waals surface area contributed by atoms with Gasteiger partial charge in [0.25, 0.3) is 11.8 Å². The number of halogens is 1. The molecule has 0 fully saturated rings. The number of amides is 2. The van der Waals surface area contributed by atoms with Crippen LogP contribution in [0.5, 0.6) is 0 Å². The van der Waals surface area contributed by atoms with Gasteiger partial charge in [0, 0.05) is 16.3 Å². The maximum Gasteiger partial charge on any atom is 0.291 e. The summed E-state index contributed by atoms with van der Waals surface area (Å²) in [5, 5.41) is 6.08. The predicted molar refractivity (Wildman–Crippen MR) is 105 cm³/mol. The van der Waals surface area contributed by atoms with E-state index in [1.165, 1.54) is 0 Å². The summed E-state index contributed by atoms with van der Waals surface area (Å²) < 4.78 is 5.52. The van der Waals surface area contributed by atoms with Crippen LogP contribution < -0.4 is 10.6 Å². The molecule has 0 aliphatic rings. The van der Waals surface area contributed by atoms with Crippen molar-refractivity contribution in [1.29, 1.82) is 0 Å². The van der Waals surface area contributed by atoms with Gasteiger partial charge in [-0.15, -0.1) is 0 Å². The second-order valence-electron chi connectivity index (χ2n) is 6.23. The average molecular weight is 383 g/mol. The SMILES string of the molecule is Cc1ccc(C(=O)NCc2ccc(C(=O)Nc3ccc(C)c(Cl)c3)o2)cc1. The molecule has 0 atom stereocenters. The largest absolute Gasteiger partial charge is 0.454 e. The number of furan rings is 1. The molecular weight excluding hydrogens is 364 g/mol. The summed E-state index contributed by atoms with van der Waals surface area (Å²) in [6.45, 7) is 4.04. The van der Waals surface area contributed by atoms with Crippen LogP contribution in [0.15, 0.2) is 59.0 Å². The van der Waals surface area contributed by atoms with Crippen molar-refractivity contribution in [2.45, 2.75) is 20.4 Å². The number of carbonyl (C=O) groups excluding carboxylic acids is 2. The topological polar surface area (TPSA) is 71.3 Å². The molecule has 3 rings (SSSR count). The number of hydrogen-bond acceptors (Lipinski definition) is 3. The molecule has 138 valence electrons. The molecule has 0 aliphatic heterocycles. The fourth-order valence-electron chi connectivity index (χ4n) is 2.43. The maximum atomic E-state index is 12.3. The summed E-state index contributed by atoms with van der Waals surface area (Å²) in [6, 6.07) is 15.8. The molecule has 27 heavy (non-hydrogen) atoms. The van der Waals surface area contributed by atoms with Crippen LogP contribution in [0, 0.1) is 13.8 Å². The first-order valence-corrected chi connectivity index (χ1v) is 8.81. The lowest BCUT2D eigenvalue weighted by atomic mass is 10.1. The van der Waals surface area contributed by atoms with Crippen LogP contribution in [0.25, 0.3) is 0 Å². The zero-order valence-corrected chi connectivity index (χ0v) is 15.8. The van der Waals surface area contributed by atoms with E-state index in [0.717, 1.165) is 11.1 Å². The van der Waals surface area contributed by atoms with Crippen LogP contribution in [0.3, 0.4) is 0 Å². The molecule has 1 aromatic heterocycles. The zero-order valence-electron chi connectivity index (χ0n) is 15.0. The van der Waals surface area contributed by atoms with Gasteiger partial charge in [0.15, 0.2) is 5.76 Å². The van der Waals surface area contributed by atoms with Crippen molar-refractivity contribution in [2.24, 2.45) is 0 Å². The van der Waals surface area contributed by atoms with Crippen molar-refractivity contribution in [3.8, 4) is 0 Å². The summed E-state index contributed by atoms with van der Waals surface area (Å²) >= 11 is 6.06. The van der Waals surface area contributed by atoms with Crippen molar-refractivity contribution in [1.82, 2.24) is 5.32 Å². The number of anilines is 1. The third-order valence-electron chi connectivity index (χ3n) is 4.05. The molecular formula is C21H19ClN2O3.